The van der Waals surface area contributed by atoms with Gasteiger partial charge in [0.1, 0.15) is 0 Å². The molecule has 0 radical (unpaired) electrons. The van der Waals surface area contributed by atoms with E-state index in [1.165, 1.54) is 39.1 Å². The lowest BCUT2D eigenvalue weighted by Gasteiger charge is -2.27. The molecule has 110 valence electrons. The van der Waals surface area contributed by atoms with Gasteiger partial charge in [0, 0.05) is 24.9 Å². The van der Waals surface area contributed by atoms with Gasteiger partial charge in [-0.15, -0.1) is 0 Å². The van der Waals surface area contributed by atoms with Crippen molar-refractivity contribution in [2.75, 3.05) is 4.90 Å². The fraction of sp³-hybridized carbons (Fsp3) is 0.0909. The molecular weight excluding hydrogens is 278 g/mol. The van der Waals surface area contributed by atoms with Crippen LogP contribution in [0.2, 0.25) is 0 Å². The van der Waals surface area contributed by atoms with Crippen molar-refractivity contribution in [2.45, 2.75) is 13.0 Å². The summed E-state index contributed by atoms with van der Waals surface area (Å²) in [5.74, 6) is 0. The Labute approximate surface area is 136 Å². The van der Waals surface area contributed by atoms with Crippen LogP contribution >= 0.6 is 0 Å². The summed E-state index contributed by atoms with van der Waals surface area (Å²) in [6.07, 6.45) is 5.48. The maximum atomic E-state index is 2.38. The van der Waals surface area contributed by atoms with Crippen LogP contribution in [0.25, 0.3) is 17.2 Å². The van der Waals surface area contributed by atoms with Crippen molar-refractivity contribution in [3.63, 3.8) is 0 Å². The zero-order valence-electron chi connectivity index (χ0n) is 12.9. The van der Waals surface area contributed by atoms with E-state index in [2.05, 4.69) is 83.9 Å². The quantitative estimate of drug-likeness (QED) is 0.463. The first kappa shape index (κ1) is 12.7. The predicted molar refractivity (Wildman–Crippen MR) is 96.3 cm³/mol. The van der Waals surface area contributed by atoms with E-state index in [1.54, 1.807) is 0 Å². The van der Waals surface area contributed by atoms with Crippen molar-refractivity contribution in [3.8, 4) is 11.1 Å². The molecule has 23 heavy (non-hydrogen) atoms. The molecule has 5 rings (SSSR count). The lowest BCUT2D eigenvalue weighted by molar-refractivity contribution is 0.945. The monoisotopic (exact) mass is 295 g/mol. The van der Waals surface area contributed by atoms with Gasteiger partial charge >= 0.3 is 0 Å². The van der Waals surface area contributed by atoms with Gasteiger partial charge in [-0.1, -0.05) is 60.7 Å². The zero-order chi connectivity index (χ0) is 15.2. The van der Waals surface area contributed by atoms with E-state index in [-0.39, 0.29) is 0 Å². The number of anilines is 1. The van der Waals surface area contributed by atoms with Gasteiger partial charge in [0.25, 0.3) is 0 Å². The molecule has 0 atom stereocenters. The number of nitrogens with zero attached hydrogens (tertiary/aromatic N) is 1. The first-order valence-electron chi connectivity index (χ1n) is 8.13. The molecule has 0 fully saturated rings. The van der Waals surface area contributed by atoms with Gasteiger partial charge in [-0.25, -0.2) is 0 Å². The molecule has 2 aliphatic rings. The molecule has 0 amide bonds. The normalized spacial score (nSPS) is 14.3. The number of rotatable bonds is 1. The molecule has 0 saturated heterocycles. The second kappa shape index (κ2) is 4.85. The molecule has 0 bridgehead atoms. The standard InChI is InChI=1S/C22H17N/c1-2-8-18-15-23(13-12-16(18)6-1)22-11-5-10-20-19-9-4-3-7-17(19)14-21(20)22/h1-13H,14-15H2. The van der Waals surface area contributed by atoms with Crippen molar-refractivity contribution < 1.29 is 0 Å². The largest absolute Gasteiger partial charge is 0.343 e. The highest BCUT2D eigenvalue weighted by Gasteiger charge is 2.23. The Balaban J connectivity index is 1.60. The van der Waals surface area contributed by atoms with Gasteiger partial charge in [0.2, 0.25) is 0 Å². The van der Waals surface area contributed by atoms with Gasteiger partial charge in [-0.05, 0) is 45.5 Å². The van der Waals surface area contributed by atoms with E-state index in [9.17, 15) is 0 Å². The van der Waals surface area contributed by atoms with Crippen molar-refractivity contribution >= 4 is 11.8 Å². The molecule has 0 spiro atoms. The molecule has 0 N–H and O–H groups in total. The first-order chi connectivity index (χ1) is 11.4. The van der Waals surface area contributed by atoms with Crippen LogP contribution in [0.3, 0.4) is 0 Å². The average molecular weight is 295 g/mol. The van der Waals surface area contributed by atoms with E-state index >= 15 is 0 Å². The SMILES string of the molecule is C1=CN(c2cccc3c2Cc2ccccc2-3)Cc2ccccc21. The summed E-state index contributed by atoms with van der Waals surface area (Å²) in [7, 11) is 0. The molecular formula is C22H17N. The average Bonchev–Trinajstić information content (AvgIpc) is 3.00. The van der Waals surface area contributed by atoms with Crippen molar-refractivity contribution in [1.29, 1.82) is 0 Å². The Morgan fingerprint density at radius 1 is 0.696 bits per heavy atom. The molecule has 1 nitrogen and oxygen atoms in total. The fourth-order valence-electron chi connectivity index (χ4n) is 3.82. The smallest absolute Gasteiger partial charge is 0.0481 e. The summed E-state index contributed by atoms with van der Waals surface area (Å²) in [6.45, 7) is 0.944. The van der Waals surface area contributed by atoms with Crippen molar-refractivity contribution in [3.05, 3.63) is 95.2 Å². The van der Waals surface area contributed by atoms with Gasteiger partial charge < -0.3 is 4.90 Å². The molecule has 3 aromatic carbocycles. The van der Waals surface area contributed by atoms with E-state index < -0.39 is 0 Å². The highest BCUT2D eigenvalue weighted by molar-refractivity contribution is 5.83. The minimum absolute atomic E-state index is 0.944. The Bertz CT molecular complexity index is 936. The Morgan fingerprint density at radius 3 is 2.43 bits per heavy atom. The minimum atomic E-state index is 0.944. The molecule has 1 heterocycles. The number of hydrogen-bond acceptors (Lipinski definition) is 1. The van der Waals surface area contributed by atoms with Crippen LogP contribution < -0.4 is 4.90 Å². The maximum absolute atomic E-state index is 2.38. The minimum Gasteiger partial charge on any atom is -0.343 e. The van der Waals surface area contributed by atoms with Crippen LogP contribution in [0, 0.1) is 0 Å². The molecule has 1 aliphatic heterocycles. The molecule has 0 aromatic heterocycles. The number of benzene rings is 3. The second-order valence-corrected chi connectivity index (χ2v) is 6.28. The third kappa shape index (κ3) is 1.93. The lowest BCUT2D eigenvalue weighted by Crippen LogP contribution is -2.20. The lowest BCUT2D eigenvalue weighted by atomic mass is 10.0. The highest BCUT2D eigenvalue weighted by atomic mass is 15.1. The first-order valence-corrected chi connectivity index (χ1v) is 8.13. The van der Waals surface area contributed by atoms with Gasteiger partial charge in [0.15, 0.2) is 0 Å². The highest BCUT2D eigenvalue weighted by Crippen LogP contribution is 2.42. The van der Waals surface area contributed by atoms with E-state index in [0.29, 0.717) is 0 Å². The summed E-state index contributed by atoms with van der Waals surface area (Å²) in [5, 5.41) is 0. The number of hydrogen-bond donors (Lipinski definition) is 0. The van der Waals surface area contributed by atoms with Gasteiger partial charge in [0.05, 0.1) is 0 Å². The van der Waals surface area contributed by atoms with Crippen molar-refractivity contribution in [1.82, 2.24) is 0 Å². The van der Waals surface area contributed by atoms with E-state index in [4.69, 9.17) is 0 Å². The third-order valence-electron chi connectivity index (χ3n) is 4.97. The molecule has 1 aliphatic carbocycles. The molecule has 0 saturated carbocycles. The van der Waals surface area contributed by atoms with Gasteiger partial charge in [-0.2, -0.15) is 0 Å². The topological polar surface area (TPSA) is 3.24 Å². The molecule has 0 unspecified atom stereocenters. The maximum Gasteiger partial charge on any atom is 0.0481 e. The fourth-order valence-corrected chi connectivity index (χ4v) is 3.82. The zero-order valence-corrected chi connectivity index (χ0v) is 12.9. The Hall–Kier alpha value is -2.80. The van der Waals surface area contributed by atoms with Crippen LogP contribution in [0.1, 0.15) is 22.3 Å². The summed E-state index contributed by atoms with van der Waals surface area (Å²) >= 11 is 0. The van der Waals surface area contributed by atoms with E-state index in [0.717, 1.165) is 13.0 Å². The number of fused-ring (bicyclic) bond motifs is 4. The summed E-state index contributed by atoms with van der Waals surface area (Å²) in [6, 6.07) is 24.1. The van der Waals surface area contributed by atoms with Crippen LogP contribution in [0.4, 0.5) is 5.69 Å². The third-order valence-corrected chi connectivity index (χ3v) is 4.97. The second-order valence-electron chi connectivity index (χ2n) is 6.28. The summed E-state index contributed by atoms with van der Waals surface area (Å²) < 4.78 is 0. The Morgan fingerprint density at radius 2 is 1.48 bits per heavy atom. The summed E-state index contributed by atoms with van der Waals surface area (Å²) in [5.41, 5.74) is 9.75. The van der Waals surface area contributed by atoms with Crippen molar-refractivity contribution in [2.24, 2.45) is 0 Å². The van der Waals surface area contributed by atoms with Gasteiger partial charge in [-0.3, -0.25) is 0 Å². The van der Waals surface area contributed by atoms with Crippen LogP contribution in [0.5, 0.6) is 0 Å². The van der Waals surface area contributed by atoms with Crippen LogP contribution in [0.15, 0.2) is 72.9 Å². The molecule has 1 heteroatoms. The predicted octanol–water partition coefficient (Wildman–Crippen LogP) is 5.25. The molecule has 3 aromatic rings. The van der Waals surface area contributed by atoms with E-state index in [1.807, 2.05) is 0 Å². The van der Waals surface area contributed by atoms with Crippen LogP contribution in [-0.4, -0.2) is 0 Å². The summed E-state index contributed by atoms with van der Waals surface area (Å²) in [4.78, 5) is 2.38. The van der Waals surface area contributed by atoms with Crippen LogP contribution in [-0.2, 0) is 13.0 Å². The Kier molecular flexibility index (Phi) is 2.68.